The first-order valence-corrected chi connectivity index (χ1v) is 14.9. The normalized spacial score (nSPS) is 15.1. The molecule has 1 atom stereocenters. The lowest BCUT2D eigenvalue weighted by Crippen LogP contribution is -2.44. The molecule has 6 N–H and O–H groups in total. The minimum atomic E-state index is -1.01. The zero-order valence-corrected chi connectivity index (χ0v) is 23.7. The van der Waals surface area contributed by atoms with Crippen LogP contribution in [0.1, 0.15) is 53.1 Å². The number of carbonyl (C=O) groups is 1. The zero-order chi connectivity index (χ0) is 28.5. The van der Waals surface area contributed by atoms with Crippen molar-refractivity contribution in [1.29, 1.82) is 0 Å². The molecule has 4 heterocycles. The molecule has 5 aromatic rings. The zero-order valence-electron chi connectivity index (χ0n) is 22.9. The third-order valence-electron chi connectivity index (χ3n) is 7.84. The Balaban J connectivity index is 1.09. The summed E-state index contributed by atoms with van der Waals surface area (Å²) in [4.78, 5) is 27.7. The number of hydrogen-bond acceptors (Lipinski definition) is 8. The van der Waals surface area contributed by atoms with Crippen molar-refractivity contribution in [2.75, 3.05) is 30.3 Å². The summed E-state index contributed by atoms with van der Waals surface area (Å²) in [6, 6.07) is 18.2. The number of anilines is 2. The lowest BCUT2D eigenvalue weighted by Gasteiger charge is -2.34. The number of nitrogens with zero attached hydrogens (tertiary/aromatic N) is 3. The number of piperidine rings is 1. The van der Waals surface area contributed by atoms with Gasteiger partial charge in [0.25, 0.3) is 0 Å². The number of pyridine rings is 1. The maximum Gasteiger partial charge on any atom is 0.348 e. The van der Waals surface area contributed by atoms with Crippen molar-refractivity contribution >= 4 is 50.1 Å². The number of fused-ring (bicyclic) bond motifs is 2. The van der Waals surface area contributed by atoms with Crippen molar-refractivity contribution in [3.8, 4) is 11.4 Å². The van der Waals surface area contributed by atoms with Gasteiger partial charge in [0.15, 0.2) is 0 Å². The van der Waals surface area contributed by atoms with Crippen LogP contribution in [0.5, 0.6) is 0 Å². The summed E-state index contributed by atoms with van der Waals surface area (Å²) in [5.41, 5.74) is 11.3. The number of imidazole rings is 1. The Hall–Kier alpha value is -3.99. The second kappa shape index (κ2) is 11.5. The number of benzene rings is 2. The number of rotatable bonds is 9. The Labute approximate surface area is 242 Å². The molecule has 9 nitrogen and oxygen atoms in total. The molecule has 6 rings (SSSR count). The number of aryl methyl sites for hydroxylation is 1. The molecule has 0 bridgehead atoms. The summed E-state index contributed by atoms with van der Waals surface area (Å²) in [5, 5.41) is 24.8. The molecular formula is C31H34N6O3S. The Morgan fingerprint density at radius 3 is 2.68 bits per heavy atom. The molecular weight excluding hydrogens is 536 g/mol. The molecule has 1 fully saturated rings. The molecule has 212 valence electrons. The van der Waals surface area contributed by atoms with Crippen LogP contribution in [-0.2, 0) is 6.42 Å². The number of nitrogen functional groups attached to an aromatic ring is 1. The molecule has 0 aliphatic carbocycles. The van der Waals surface area contributed by atoms with E-state index in [2.05, 4.69) is 33.2 Å². The van der Waals surface area contributed by atoms with E-state index in [-0.39, 0.29) is 10.9 Å². The number of nitrogens with one attached hydrogen (secondary N) is 2. The van der Waals surface area contributed by atoms with Crippen molar-refractivity contribution in [3.63, 3.8) is 0 Å². The molecule has 0 spiro atoms. The Morgan fingerprint density at radius 2 is 1.95 bits per heavy atom. The number of carboxylic acid groups (broad SMARTS) is 1. The predicted molar refractivity (Wildman–Crippen MR) is 165 cm³/mol. The van der Waals surface area contributed by atoms with Gasteiger partial charge < -0.3 is 31.1 Å². The highest BCUT2D eigenvalue weighted by atomic mass is 32.1. The van der Waals surface area contributed by atoms with Gasteiger partial charge in [-0.3, -0.25) is 0 Å². The second-order valence-corrected chi connectivity index (χ2v) is 11.6. The van der Waals surface area contributed by atoms with Gasteiger partial charge in [-0.1, -0.05) is 49.7 Å². The minimum Gasteiger partial charge on any atom is -0.477 e. The van der Waals surface area contributed by atoms with Gasteiger partial charge in [0, 0.05) is 36.6 Å². The lowest BCUT2D eigenvalue weighted by atomic mass is 10.0. The van der Waals surface area contributed by atoms with E-state index in [9.17, 15) is 15.0 Å². The van der Waals surface area contributed by atoms with Gasteiger partial charge in [-0.25, -0.2) is 14.8 Å². The SMILES string of the molecule is CCCc1cc(N2CCC(NCC(O)c3ccc4nc(-c5ccccc5)[nH]c4c3)CC2)nc2sc(C(=O)O)c(N)c12. The fraction of sp³-hybridized carbons (Fsp3) is 0.323. The highest BCUT2D eigenvalue weighted by molar-refractivity contribution is 7.21. The number of H-pyrrole nitrogens is 1. The van der Waals surface area contributed by atoms with Gasteiger partial charge in [0.05, 0.1) is 22.8 Å². The van der Waals surface area contributed by atoms with Crippen LogP contribution in [0, 0.1) is 0 Å². The number of aliphatic hydroxyl groups is 1. The van der Waals surface area contributed by atoms with E-state index in [0.717, 1.165) is 94.9 Å². The fourth-order valence-corrected chi connectivity index (χ4v) is 6.62. The van der Waals surface area contributed by atoms with Gasteiger partial charge in [-0.2, -0.15) is 0 Å². The van der Waals surface area contributed by atoms with Crippen LogP contribution in [0.15, 0.2) is 54.6 Å². The Kier molecular flexibility index (Phi) is 7.61. The summed E-state index contributed by atoms with van der Waals surface area (Å²) in [6.07, 6.45) is 2.96. The quantitative estimate of drug-likeness (QED) is 0.159. The Bertz CT molecular complexity index is 1690. The van der Waals surface area contributed by atoms with Crippen molar-refractivity contribution < 1.29 is 15.0 Å². The summed E-state index contributed by atoms with van der Waals surface area (Å²) < 4.78 is 0. The van der Waals surface area contributed by atoms with Crippen molar-refractivity contribution in [1.82, 2.24) is 20.3 Å². The number of aromatic nitrogens is 3. The van der Waals surface area contributed by atoms with E-state index in [1.807, 2.05) is 48.5 Å². The monoisotopic (exact) mass is 570 g/mol. The smallest absolute Gasteiger partial charge is 0.348 e. The Morgan fingerprint density at radius 1 is 1.17 bits per heavy atom. The summed E-state index contributed by atoms with van der Waals surface area (Å²) in [7, 11) is 0. The van der Waals surface area contributed by atoms with E-state index in [1.54, 1.807) is 0 Å². The van der Waals surface area contributed by atoms with Crippen LogP contribution in [-0.4, -0.2) is 56.8 Å². The standard InChI is InChI=1S/C31H34N6O3S/c1-2-6-20-16-25(36-30-26(20)27(32)28(41-30)31(39)40)37-13-11-21(12-14-37)33-17-24(38)19-9-10-22-23(15-19)35-29(34-22)18-7-4-3-5-8-18/h3-5,7-10,15-16,21,24,33,38H,2,6,11-14,17,32H2,1H3,(H,34,35)(H,39,40). The number of hydrogen-bond donors (Lipinski definition) is 5. The molecule has 3 aromatic heterocycles. The molecule has 2 aromatic carbocycles. The molecule has 1 aliphatic heterocycles. The molecule has 0 amide bonds. The highest BCUT2D eigenvalue weighted by Gasteiger charge is 2.24. The van der Waals surface area contributed by atoms with E-state index < -0.39 is 12.1 Å². The third kappa shape index (κ3) is 5.50. The van der Waals surface area contributed by atoms with E-state index in [0.29, 0.717) is 17.1 Å². The summed E-state index contributed by atoms with van der Waals surface area (Å²) >= 11 is 1.15. The second-order valence-electron chi connectivity index (χ2n) is 10.6. The van der Waals surface area contributed by atoms with Gasteiger partial charge in [-0.15, -0.1) is 11.3 Å². The van der Waals surface area contributed by atoms with Gasteiger partial charge in [0.2, 0.25) is 0 Å². The summed E-state index contributed by atoms with van der Waals surface area (Å²) in [6.45, 7) is 4.22. The first kappa shape index (κ1) is 27.2. The molecule has 1 saturated heterocycles. The largest absolute Gasteiger partial charge is 0.477 e. The predicted octanol–water partition coefficient (Wildman–Crippen LogP) is 5.36. The van der Waals surface area contributed by atoms with Crippen LogP contribution in [0.4, 0.5) is 11.5 Å². The van der Waals surface area contributed by atoms with Crippen molar-refractivity contribution in [2.24, 2.45) is 0 Å². The van der Waals surface area contributed by atoms with Crippen molar-refractivity contribution in [2.45, 2.75) is 44.8 Å². The maximum absolute atomic E-state index is 11.7. The fourth-order valence-electron chi connectivity index (χ4n) is 5.65. The highest BCUT2D eigenvalue weighted by Crippen LogP contribution is 2.37. The van der Waals surface area contributed by atoms with Crippen LogP contribution in [0.3, 0.4) is 0 Å². The number of aromatic amines is 1. The molecule has 1 aliphatic rings. The van der Waals surface area contributed by atoms with Crippen LogP contribution < -0.4 is 16.0 Å². The number of thiophene rings is 1. The van der Waals surface area contributed by atoms with Crippen molar-refractivity contribution in [3.05, 3.63) is 70.6 Å². The maximum atomic E-state index is 11.7. The van der Waals surface area contributed by atoms with Crippen LogP contribution in [0.2, 0.25) is 0 Å². The number of aromatic carboxylic acids is 1. The molecule has 0 saturated carbocycles. The lowest BCUT2D eigenvalue weighted by molar-refractivity contribution is 0.0703. The first-order chi connectivity index (χ1) is 19.9. The third-order valence-corrected chi connectivity index (χ3v) is 8.92. The molecule has 41 heavy (non-hydrogen) atoms. The summed E-state index contributed by atoms with van der Waals surface area (Å²) in [5.74, 6) is 0.683. The molecule has 0 radical (unpaired) electrons. The van der Waals surface area contributed by atoms with E-state index >= 15 is 0 Å². The average molecular weight is 571 g/mol. The van der Waals surface area contributed by atoms with Crippen LogP contribution >= 0.6 is 11.3 Å². The number of aliphatic hydroxyl groups excluding tert-OH is 1. The molecule has 1 unspecified atom stereocenters. The van der Waals surface area contributed by atoms with Gasteiger partial charge >= 0.3 is 5.97 Å². The van der Waals surface area contributed by atoms with Gasteiger partial charge in [0.1, 0.15) is 21.3 Å². The topological polar surface area (TPSA) is 140 Å². The number of carboxylic acids is 1. The number of nitrogens with two attached hydrogens (primary N) is 1. The van der Waals surface area contributed by atoms with Gasteiger partial charge in [-0.05, 0) is 48.6 Å². The van der Waals surface area contributed by atoms with E-state index in [1.165, 1.54) is 0 Å². The van der Waals surface area contributed by atoms with Crippen LogP contribution in [0.25, 0.3) is 32.6 Å². The molecule has 10 heteroatoms. The average Bonchev–Trinajstić information content (AvgIpc) is 3.57. The minimum absolute atomic E-state index is 0.159. The first-order valence-electron chi connectivity index (χ1n) is 14.1. The van der Waals surface area contributed by atoms with E-state index in [4.69, 9.17) is 10.7 Å².